The molecule has 1 N–H and O–H groups in total. The second-order valence-corrected chi connectivity index (χ2v) is 6.81. The molecule has 32 heavy (non-hydrogen) atoms. The van der Waals surface area contributed by atoms with Crippen LogP contribution >= 0.6 is 0 Å². The van der Waals surface area contributed by atoms with Crippen LogP contribution in [0.2, 0.25) is 0 Å². The second kappa shape index (κ2) is 9.55. The Balaban J connectivity index is 1.89. The first-order valence-electron chi connectivity index (χ1n) is 9.66. The Morgan fingerprint density at radius 1 is 1.09 bits per heavy atom. The Hall–Kier alpha value is -3.81. The van der Waals surface area contributed by atoms with Gasteiger partial charge in [-0.25, -0.2) is 9.97 Å². The number of aromatic nitrogens is 2. The van der Waals surface area contributed by atoms with Crippen LogP contribution in [0.5, 0.6) is 11.5 Å². The summed E-state index contributed by atoms with van der Waals surface area (Å²) in [5.41, 5.74) is 2.62. The number of allylic oxidation sites excluding steroid dienone is 1. The fourth-order valence-corrected chi connectivity index (χ4v) is 3.21. The van der Waals surface area contributed by atoms with Gasteiger partial charge in [-0.1, -0.05) is 24.8 Å². The van der Waals surface area contributed by atoms with Gasteiger partial charge in [-0.15, -0.1) is 13.2 Å². The molecule has 5 nitrogen and oxygen atoms in total. The average Bonchev–Trinajstić information content (AvgIpc) is 2.75. The summed E-state index contributed by atoms with van der Waals surface area (Å²) in [5.74, 6) is 0.976. The Morgan fingerprint density at radius 3 is 2.44 bits per heavy atom. The topological polar surface area (TPSA) is 56.3 Å². The van der Waals surface area contributed by atoms with E-state index in [2.05, 4.69) is 26.6 Å². The van der Waals surface area contributed by atoms with E-state index in [0.29, 0.717) is 22.8 Å². The van der Waals surface area contributed by atoms with Crippen molar-refractivity contribution in [1.29, 1.82) is 0 Å². The number of nitrogens with one attached hydrogen (secondary N) is 1. The summed E-state index contributed by atoms with van der Waals surface area (Å²) in [7, 11) is 1.62. The monoisotopic (exact) mass is 441 g/mol. The summed E-state index contributed by atoms with van der Waals surface area (Å²) in [6.45, 7) is 7.93. The molecule has 2 aromatic carbocycles. The molecule has 0 bridgehead atoms. The lowest BCUT2D eigenvalue weighted by molar-refractivity contribution is -0.274. The zero-order chi connectivity index (χ0) is 23.3. The number of alkyl halides is 3. The van der Waals surface area contributed by atoms with Gasteiger partial charge in [-0.2, -0.15) is 0 Å². The first-order valence-corrected chi connectivity index (χ1v) is 9.66. The summed E-state index contributed by atoms with van der Waals surface area (Å²) in [6, 6.07) is 11.2. The quantitative estimate of drug-likeness (QED) is 0.600. The van der Waals surface area contributed by atoms with Gasteiger partial charge in [-0.05, 0) is 61.0 Å². The summed E-state index contributed by atoms with van der Waals surface area (Å²) >= 11 is 0. The van der Waals surface area contributed by atoms with Crippen LogP contribution in [-0.2, 0) is 0 Å². The van der Waals surface area contributed by atoms with Gasteiger partial charge in [0.2, 0.25) is 0 Å². The van der Waals surface area contributed by atoms with Gasteiger partial charge in [0.15, 0.2) is 0 Å². The molecule has 166 valence electrons. The molecule has 0 aliphatic heterocycles. The molecule has 3 aromatic rings. The van der Waals surface area contributed by atoms with E-state index < -0.39 is 6.36 Å². The molecule has 1 heterocycles. The van der Waals surface area contributed by atoms with Crippen molar-refractivity contribution in [3.8, 4) is 11.5 Å². The highest BCUT2D eigenvalue weighted by Crippen LogP contribution is 2.27. The fourth-order valence-electron chi connectivity index (χ4n) is 3.21. The average molecular weight is 441 g/mol. The van der Waals surface area contributed by atoms with Crippen molar-refractivity contribution in [2.75, 3.05) is 12.4 Å². The number of ether oxygens (including phenoxy) is 2. The van der Waals surface area contributed by atoms with Gasteiger partial charge in [0.25, 0.3) is 0 Å². The lowest BCUT2D eigenvalue weighted by Crippen LogP contribution is -2.25. The van der Waals surface area contributed by atoms with Crippen molar-refractivity contribution in [3.05, 3.63) is 77.1 Å². The molecule has 0 aliphatic carbocycles. The number of rotatable bonds is 6. The number of methoxy groups -OCH3 is 1. The van der Waals surface area contributed by atoms with Crippen molar-refractivity contribution in [1.82, 2.24) is 9.97 Å². The molecular formula is C24H22F3N3O2. The van der Waals surface area contributed by atoms with Gasteiger partial charge >= 0.3 is 6.36 Å². The fraction of sp³-hybridized carbons (Fsp3) is 0.167. The van der Waals surface area contributed by atoms with Crippen molar-refractivity contribution in [2.45, 2.75) is 20.2 Å². The summed E-state index contributed by atoms with van der Waals surface area (Å²) in [4.78, 5) is 8.61. The minimum atomic E-state index is -4.73. The minimum absolute atomic E-state index is 0.298. The van der Waals surface area contributed by atoms with E-state index in [0.717, 1.165) is 21.8 Å². The van der Waals surface area contributed by atoms with Crippen LogP contribution in [0.25, 0.3) is 17.7 Å². The van der Waals surface area contributed by atoms with Gasteiger partial charge in [-0.3, -0.25) is 0 Å². The van der Waals surface area contributed by atoms with Crippen molar-refractivity contribution < 1.29 is 22.6 Å². The zero-order valence-electron chi connectivity index (χ0n) is 17.8. The molecule has 0 amide bonds. The molecule has 0 unspecified atom stereocenters. The molecule has 0 saturated carbocycles. The first kappa shape index (κ1) is 22.9. The van der Waals surface area contributed by atoms with Crippen LogP contribution in [0.3, 0.4) is 0 Å². The van der Waals surface area contributed by atoms with Gasteiger partial charge in [0, 0.05) is 16.5 Å². The Morgan fingerprint density at radius 2 is 1.81 bits per heavy atom. The largest absolute Gasteiger partial charge is 0.573 e. The number of anilines is 2. The molecule has 0 atom stereocenters. The van der Waals surface area contributed by atoms with Crippen LogP contribution in [0.1, 0.15) is 18.2 Å². The maximum atomic E-state index is 12.3. The molecule has 1 aromatic heterocycles. The number of nitrogens with zero attached hydrogens (tertiary/aromatic N) is 2. The van der Waals surface area contributed by atoms with Crippen LogP contribution in [0, 0.1) is 6.92 Å². The summed E-state index contributed by atoms with van der Waals surface area (Å²) in [5, 5.41) is 4.97. The van der Waals surface area contributed by atoms with Crippen LogP contribution in [0.4, 0.5) is 24.7 Å². The molecule has 0 spiro atoms. The van der Waals surface area contributed by atoms with Crippen molar-refractivity contribution in [2.24, 2.45) is 0 Å². The number of hydrogen-bond donors (Lipinski definition) is 1. The predicted octanol–water partition coefficient (Wildman–Crippen LogP) is 4.73. The Labute approximate surface area is 183 Å². The molecule has 0 radical (unpaired) electrons. The number of benzene rings is 2. The third-order valence-electron chi connectivity index (χ3n) is 4.68. The first-order chi connectivity index (χ1) is 15.2. The van der Waals surface area contributed by atoms with Crippen LogP contribution in [0.15, 0.2) is 55.4 Å². The normalized spacial score (nSPS) is 12.6. The summed E-state index contributed by atoms with van der Waals surface area (Å²) in [6.07, 6.45) is 0.551. The molecule has 8 heteroatoms. The lowest BCUT2D eigenvalue weighted by atomic mass is 10.1. The highest BCUT2D eigenvalue weighted by molar-refractivity contribution is 5.87. The number of halogens is 3. The molecular weight excluding hydrogens is 419 g/mol. The number of hydrogen-bond acceptors (Lipinski definition) is 5. The van der Waals surface area contributed by atoms with E-state index in [1.54, 1.807) is 7.11 Å². The van der Waals surface area contributed by atoms with Gasteiger partial charge in [0.05, 0.1) is 12.8 Å². The van der Waals surface area contributed by atoms with E-state index in [1.807, 2.05) is 44.2 Å². The minimum Gasteiger partial charge on any atom is -0.496 e. The zero-order valence-corrected chi connectivity index (χ0v) is 17.8. The highest BCUT2D eigenvalue weighted by atomic mass is 19.4. The second-order valence-electron chi connectivity index (χ2n) is 6.81. The molecule has 3 rings (SSSR count). The Kier molecular flexibility index (Phi) is 6.82. The molecule has 0 aliphatic rings. The molecule has 0 fully saturated rings. The van der Waals surface area contributed by atoms with Crippen LogP contribution in [-0.4, -0.2) is 23.4 Å². The van der Waals surface area contributed by atoms with Crippen molar-refractivity contribution >= 4 is 29.2 Å². The van der Waals surface area contributed by atoms with E-state index in [4.69, 9.17) is 4.74 Å². The third-order valence-corrected chi connectivity index (χ3v) is 4.68. The van der Waals surface area contributed by atoms with E-state index in [1.165, 1.54) is 30.6 Å². The van der Waals surface area contributed by atoms with Gasteiger partial charge < -0.3 is 14.8 Å². The third kappa shape index (κ3) is 5.46. The van der Waals surface area contributed by atoms with Gasteiger partial charge in [0.1, 0.15) is 23.6 Å². The SMILES string of the molecule is C=C(/C=c1/cccc(OC)/c1=C/C)c1ncnc(Nc2ccc(OC(F)(F)F)cc2)c1C. The van der Waals surface area contributed by atoms with E-state index >= 15 is 0 Å². The maximum absolute atomic E-state index is 12.3. The maximum Gasteiger partial charge on any atom is 0.573 e. The standard InChI is InChI=1S/C24H22F3N3O2/c1-5-20-17(7-6-8-21(20)31-4)13-15(2)22-16(3)23(29-14-28-22)30-18-9-11-19(12-10-18)32-24(25,26)27/h5-14H,2H2,1,3-4H3,(H,28,29,30)/b17-13-,20-5+. The van der Waals surface area contributed by atoms with Crippen molar-refractivity contribution in [3.63, 3.8) is 0 Å². The smallest absolute Gasteiger partial charge is 0.496 e. The Bertz CT molecular complexity index is 1240. The van der Waals surface area contributed by atoms with E-state index in [9.17, 15) is 13.2 Å². The van der Waals surface area contributed by atoms with Crippen LogP contribution < -0.4 is 25.2 Å². The van der Waals surface area contributed by atoms with E-state index in [-0.39, 0.29) is 5.75 Å². The molecule has 0 saturated heterocycles. The highest BCUT2D eigenvalue weighted by Gasteiger charge is 2.30. The summed E-state index contributed by atoms with van der Waals surface area (Å²) < 4.78 is 46.3. The predicted molar refractivity (Wildman–Crippen MR) is 119 cm³/mol. The lowest BCUT2D eigenvalue weighted by Gasteiger charge is -2.13.